The molecule has 0 N–H and O–H groups in total. The summed E-state index contributed by atoms with van der Waals surface area (Å²) in [6.07, 6.45) is 0.170. The number of ether oxygens (including phenoxy) is 2. The van der Waals surface area contributed by atoms with Crippen LogP contribution in [-0.4, -0.2) is 27.7 Å². The number of epoxide rings is 1. The maximum atomic E-state index is 13.5. The van der Waals surface area contributed by atoms with E-state index in [4.69, 9.17) is 9.47 Å². The van der Waals surface area contributed by atoms with Gasteiger partial charge in [-0.3, -0.25) is 0 Å². The fourth-order valence-corrected chi connectivity index (χ4v) is 5.10. The summed E-state index contributed by atoms with van der Waals surface area (Å²) in [6.45, 7) is 5.19. The summed E-state index contributed by atoms with van der Waals surface area (Å²) in [5, 5.41) is 0. The number of nitrogens with zero attached hydrogens (tertiary/aromatic N) is 1. The van der Waals surface area contributed by atoms with Gasteiger partial charge in [0.25, 0.3) is 0 Å². The lowest BCUT2D eigenvalue weighted by atomic mass is 10.1. The Bertz CT molecular complexity index is 1090. The van der Waals surface area contributed by atoms with E-state index < -0.39 is 10.0 Å². The van der Waals surface area contributed by atoms with E-state index in [1.165, 1.54) is 4.31 Å². The molecule has 0 amide bonds. The normalized spacial score (nSPS) is 15.6. The Balaban J connectivity index is 1.65. The predicted octanol–water partition coefficient (Wildman–Crippen LogP) is 4.75. The Morgan fingerprint density at radius 3 is 2.13 bits per heavy atom. The van der Waals surface area contributed by atoms with Gasteiger partial charge in [0.05, 0.1) is 23.7 Å². The summed E-state index contributed by atoms with van der Waals surface area (Å²) >= 11 is 0. The number of aryl methyl sites for hydroxylation is 2. The molecule has 3 aromatic carbocycles. The standard InChI is InChI=1S/C24H25NO4S/c1-18-12-19(2)14-20(13-18)17-30(26,27)25(21-6-4-3-5-7-21)22-8-10-23(11-9-22)28-15-24-16-29-24/h3-14,24H,15-17H2,1-2H3. The molecular weight excluding hydrogens is 398 g/mol. The van der Waals surface area contributed by atoms with Crippen LogP contribution in [-0.2, 0) is 20.5 Å². The van der Waals surface area contributed by atoms with Crippen molar-refractivity contribution < 1.29 is 17.9 Å². The van der Waals surface area contributed by atoms with Gasteiger partial charge in [0.1, 0.15) is 18.5 Å². The lowest BCUT2D eigenvalue weighted by Crippen LogP contribution is -2.27. The molecule has 1 fully saturated rings. The van der Waals surface area contributed by atoms with Crippen molar-refractivity contribution >= 4 is 21.4 Å². The quantitative estimate of drug-likeness (QED) is 0.491. The highest BCUT2D eigenvalue weighted by atomic mass is 32.2. The Morgan fingerprint density at radius 1 is 0.933 bits per heavy atom. The van der Waals surface area contributed by atoms with Gasteiger partial charge in [0.2, 0.25) is 10.0 Å². The molecule has 3 aromatic rings. The van der Waals surface area contributed by atoms with Crippen molar-refractivity contribution in [1.82, 2.24) is 0 Å². The highest BCUT2D eigenvalue weighted by Crippen LogP contribution is 2.32. The molecule has 1 aliphatic rings. The van der Waals surface area contributed by atoms with Crippen LogP contribution < -0.4 is 9.04 Å². The zero-order valence-electron chi connectivity index (χ0n) is 17.1. The lowest BCUT2D eigenvalue weighted by Gasteiger charge is -2.25. The number of para-hydroxylation sites is 1. The van der Waals surface area contributed by atoms with Crippen LogP contribution in [0.15, 0.2) is 72.8 Å². The summed E-state index contributed by atoms with van der Waals surface area (Å²) in [5.41, 5.74) is 4.04. The fourth-order valence-electron chi connectivity index (χ4n) is 3.49. The lowest BCUT2D eigenvalue weighted by molar-refractivity contribution is 0.263. The second-order valence-electron chi connectivity index (χ2n) is 7.61. The summed E-state index contributed by atoms with van der Waals surface area (Å²) in [7, 11) is -3.67. The molecule has 1 heterocycles. The second kappa shape index (κ2) is 8.50. The van der Waals surface area contributed by atoms with Crippen molar-refractivity contribution in [2.24, 2.45) is 0 Å². The zero-order chi connectivity index (χ0) is 21.1. The van der Waals surface area contributed by atoms with E-state index in [0.29, 0.717) is 23.7 Å². The maximum Gasteiger partial charge on any atom is 0.243 e. The third-order valence-electron chi connectivity index (χ3n) is 4.81. The molecule has 0 aliphatic carbocycles. The molecule has 0 bridgehead atoms. The van der Waals surface area contributed by atoms with Crippen molar-refractivity contribution in [3.05, 3.63) is 89.5 Å². The molecule has 1 aliphatic heterocycles. The van der Waals surface area contributed by atoms with Gasteiger partial charge in [-0.1, -0.05) is 47.5 Å². The van der Waals surface area contributed by atoms with E-state index in [-0.39, 0.29) is 11.9 Å². The number of benzene rings is 3. The monoisotopic (exact) mass is 423 g/mol. The van der Waals surface area contributed by atoms with Crippen LogP contribution >= 0.6 is 0 Å². The van der Waals surface area contributed by atoms with E-state index in [1.807, 2.05) is 50.2 Å². The Labute approximate surface area is 177 Å². The van der Waals surface area contributed by atoms with Gasteiger partial charge in [0, 0.05) is 0 Å². The van der Waals surface area contributed by atoms with Crippen LogP contribution in [0, 0.1) is 13.8 Å². The van der Waals surface area contributed by atoms with Crippen LogP contribution in [0.3, 0.4) is 0 Å². The summed E-state index contributed by atoms with van der Waals surface area (Å²) in [5.74, 6) is 0.607. The highest BCUT2D eigenvalue weighted by molar-refractivity contribution is 7.92. The van der Waals surface area contributed by atoms with Gasteiger partial charge in [0.15, 0.2) is 0 Å². The van der Waals surface area contributed by atoms with Crippen molar-refractivity contribution in [3.63, 3.8) is 0 Å². The van der Waals surface area contributed by atoms with Crippen LogP contribution in [0.5, 0.6) is 5.75 Å². The second-order valence-corrected chi connectivity index (χ2v) is 9.43. The third-order valence-corrected chi connectivity index (χ3v) is 6.49. The molecule has 0 spiro atoms. The number of hydrogen-bond donors (Lipinski definition) is 0. The van der Waals surface area contributed by atoms with Gasteiger partial charge >= 0.3 is 0 Å². The first-order chi connectivity index (χ1) is 14.4. The first kappa shape index (κ1) is 20.4. The van der Waals surface area contributed by atoms with E-state index in [1.54, 1.807) is 36.4 Å². The topological polar surface area (TPSA) is 59.1 Å². The molecule has 0 aromatic heterocycles. The van der Waals surface area contributed by atoms with E-state index >= 15 is 0 Å². The molecule has 156 valence electrons. The van der Waals surface area contributed by atoms with Gasteiger partial charge in [-0.25, -0.2) is 12.7 Å². The highest BCUT2D eigenvalue weighted by Gasteiger charge is 2.26. The summed E-state index contributed by atoms with van der Waals surface area (Å²) < 4.78 is 39.3. The molecule has 0 radical (unpaired) electrons. The van der Waals surface area contributed by atoms with Gasteiger partial charge in [-0.05, 0) is 55.8 Å². The molecule has 0 saturated carbocycles. The van der Waals surface area contributed by atoms with Crippen LogP contribution in [0.2, 0.25) is 0 Å². The van der Waals surface area contributed by atoms with Crippen LogP contribution in [0.4, 0.5) is 11.4 Å². The smallest absolute Gasteiger partial charge is 0.243 e. The SMILES string of the molecule is Cc1cc(C)cc(CS(=O)(=O)N(c2ccccc2)c2ccc(OCC3CO3)cc2)c1. The Hall–Kier alpha value is -2.83. The molecular formula is C24H25NO4S. The minimum Gasteiger partial charge on any atom is -0.491 e. The van der Waals surface area contributed by atoms with Crippen molar-refractivity contribution in [2.75, 3.05) is 17.5 Å². The molecule has 1 saturated heterocycles. The predicted molar refractivity (Wildman–Crippen MR) is 119 cm³/mol. The summed E-state index contributed by atoms with van der Waals surface area (Å²) in [6, 6.07) is 22.1. The van der Waals surface area contributed by atoms with Crippen molar-refractivity contribution in [1.29, 1.82) is 0 Å². The van der Waals surface area contributed by atoms with Crippen molar-refractivity contribution in [3.8, 4) is 5.75 Å². The van der Waals surface area contributed by atoms with Crippen molar-refractivity contribution in [2.45, 2.75) is 25.7 Å². The molecule has 1 atom stereocenters. The molecule has 4 rings (SSSR count). The van der Waals surface area contributed by atoms with E-state index in [2.05, 4.69) is 0 Å². The molecule has 5 nitrogen and oxygen atoms in total. The minimum atomic E-state index is -3.67. The first-order valence-corrected chi connectivity index (χ1v) is 11.5. The number of sulfonamides is 1. The summed E-state index contributed by atoms with van der Waals surface area (Å²) in [4.78, 5) is 0. The Kier molecular flexibility index (Phi) is 5.79. The molecule has 30 heavy (non-hydrogen) atoms. The number of anilines is 2. The van der Waals surface area contributed by atoms with E-state index in [9.17, 15) is 8.42 Å². The molecule has 1 unspecified atom stereocenters. The van der Waals surface area contributed by atoms with E-state index in [0.717, 1.165) is 23.3 Å². The molecule has 6 heteroatoms. The Morgan fingerprint density at radius 2 is 1.53 bits per heavy atom. The van der Waals surface area contributed by atoms with Gasteiger partial charge < -0.3 is 9.47 Å². The maximum absolute atomic E-state index is 13.5. The van der Waals surface area contributed by atoms with Gasteiger partial charge in [-0.15, -0.1) is 0 Å². The number of hydrogen-bond acceptors (Lipinski definition) is 4. The average molecular weight is 424 g/mol. The fraction of sp³-hybridized carbons (Fsp3) is 0.250. The minimum absolute atomic E-state index is 0.0817. The van der Waals surface area contributed by atoms with Crippen LogP contribution in [0.25, 0.3) is 0 Å². The third kappa shape index (κ3) is 5.01. The zero-order valence-corrected chi connectivity index (χ0v) is 17.9. The first-order valence-electron chi connectivity index (χ1n) is 9.90. The van der Waals surface area contributed by atoms with Gasteiger partial charge in [-0.2, -0.15) is 0 Å². The number of rotatable bonds is 8. The largest absolute Gasteiger partial charge is 0.491 e. The average Bonchev–Trinajstić information content (AvgIpc) is 3.51. The van der Waals surface area contributed by atoms with Crippen LogP contribution in [0.1, 0.15) is 16.7 Å².